The Morgan fingerprint density at radius 2 is 1.95 bits per heavy atom. The number of hydrogen-bond acceptors (Lipinski definition) is 3. The average molecular weight is 268 g/mol. The molecule has 0 radical (unpaired) electrons. The van der Waals surface area contributed by atoms with Crippen LogP contribution in [0.25, 0.3) is 0 Å². The largest absolute Gasteiger partial charge is 0.349 e. The number of hydrogen-bond donors (Lipinski definition) is 1. The van der Waals surface area contributed by atoms with Gasteiger partial charge in [-0.05, 0) is 31.1 Å². The number of nitrogens with zero attached hydrogens (tertiary/aromatic N) is 1. The van der Waals surface area contributed by atoms with Gasteiger partial charge in [0.15, 0.2) is 0 Å². The zero-order valence-electron chi connectivity index (χ0n) is 12.2. The van der Waals surface area contributed by atoms with Gasteiger partial charge in [-0.3, -0.25) is 14.4 Å². The monoisotopic (exact) mass is 268 g/mol. The van der Waals surface area contributed by atoms with Crippen LogP contribution in [-0.2, 0) is 14.4 Å². The third kappa shape index (κ3) is 5.41. The van der Waals surface area contributed by atoms with Crippen LogP contribution in [0.1, 0.15) is 40.5 Å². The molecule has 2 amide bonds. The van der Waals surface area contributed by atoms with Crippen molar-refractivity contribution < 1.29 is 14.4 Å². The fourth-order valence-corrected chi connectivity index (χ4v) is 1.80. The van der Waals surface area contributed by atoms with Gasteiger partial charge in [0.05, 0.1) is 6.04 Å². The second-order valence-corrected chi connectivity index (χ2v) is 6.53. The predicted octanol–water partition coefficient (Wildman–Crippen LogP) is 0.975. The SMILES string of the molecule is CC(C(=O)C(=O)NCC1CC1)N(C=O)CC(C)(C)C. The van der Waals surface area contributed by atoms with Crippen molar-refractivity contribution in [2.45, 2.75) is 46.6 Å². The molecule has 0 saturated heterocycles. The number of nitrogens with one attached hydrogen (secondary N) is 1. The molecule has 1 saturated carbocycles. The molecular weight excluding hydrogens is 244 g/mol. The molecule has 0 heterocycles. The van der Waals surface area contributed by atoms with Crippen molar-refractivity contribution in [1.82, 2.24) is 10.2 Å². The van der Waals surface area contributed by atoms with Crippen molar-refractivity contribution in [3.8, 4) is 0 Å². The highest BCUT2D eigenvalue weighted by atomic mass is 16.2. The Labute approximate surface area is 114 Å². The summed E-state index contributed by atoms with van der Waals surface area (Å²) in [6.45, 7) is 8.55. The predicted molar refractivity (Wildman–Crippen MR) is 72.4 cm³/mol. The number of carbonyl (C=O) groups excluding carboxylic acids is 3. The van der Waals surface area contributed by atoms with E-state index >= 15 is 0 Å². The molecule has 0 aromatic heterocycles. The first-order valence-corrected chi connectivity index (χ1v) is 6.77. The van der Waals surface area contributed by atoms with Gasteiger partial charge < -0.3 is 10.2 Å². The molecule has 0 bridgehead atoms. The van der Waals surface area contributed by atoms with E-state index in [0.717, 1.165) is 12.8 Å². The van der Waals surface area contributed by atoms with E-state index < -0.39 is 17.7 Å². The van der Waals surface area contributed by atoms with Crippen molar-refractivity contribution in [3.63, 3.8) is 0 Å². The summed E-state index contributed by atoms with van der Waals surface area (Å²) >= 11 is 0. The summed E-state index contributed by atoms with van der Waals surface area (Å²) < 4.78 is 0. The van der Waals surface area contributed by atoms with Gasteiger partial charge >= 0.3 is 0 Å². The van der Waals surface area contributed by atoms with Gasteiger partial charge in [0.1, 0.15) is 0 Å². The Balaban J connectivity index is 2.51. The van der Waals surface area contributed by atoms with E-state index in [0.29, 0.717) is 25.4 Å². The van der Waals surface area contributed by atoms with Crippen molar-refractivity contribution in [2.24, 2.45) is 11.3 Å². The van der Waals surface area contributed by atoms with Crippen LogP contribution in [0, 0.1) is 11.3 Å². The van der Waals surface area contributed by atoms with Gasteiger partial charge in [-0.25, -0.2) is 0 Å². The maximum absolute atomic E-state index is 11.9. The highest BCUT2D eigenvalue weighted by molar-refractivity contribution is 6.38. The van der Waals surface area contributed by atoms with Crippen molar-refractivity contribution >= 4 is 18.1 Å². The second-order valence-electron chi connectivity index (χ2n) is 6.53. The number of amides is 2. The van der Waals surface area contributed by atoms with Crippen LogP contribution in [0.3, 0.4) is 0 Å². The Hall–Kier alpha value is -1.39. The Bertz CT molecular complexity index is 356. The highest BCUT2D eigenvalue weighted by Crippen LogP contribution is 2.27. The summed E-state index contributed by atoms with van der Waals surface area (Å²) in [4.78, 5) is 36.1. The molecule has 0 aromatic rings. The summed E-state index contributed by atoms with van der Waals surface area (Å²) in [7, 11) is 0. The minimum atomic E-state index is -0.712. The molecule has 0 aliphatic heterocycles. The zero-order chi connectivity index (χ0) is 14.6. The topological polar surface area (TPSA) is 66.5 Å². The molecule has 5 nitrogen and oxygen atoms in total. The maximum atomic E-state index is 11.9. The van der Waals surface area contributed by atoms with Crippen molar-refractivity contribution in [1.29, 1.82) is 0 Å². The fourth-order valence-electron chi connectivity index (χ4n) is 1.80. The average Bonchev–Trinajstić information content (AvgIpc) is 3.14. The van der Waals surface area contributed by atoms with E-state index in [2.05, 4.69) is 5.32 Å². The third-order valence-electron chi connectivity index (χ3n) is 3.14. The molecule has 19 heavy (non-hydrogen) atoms. The summed E-state index contributed by atoms with van der Waals surface area (Å²) in [6, 6.07) is -0.712. The molecule has 1 unspecified atom stereocenters. The van der Waals surface area contributed by atoms with E-state index in [9.17, 15) is 14.4 Å². The van der Waals surface area contributed by atoms with Crippen LogP contribution in [0.4, 0.5) is 0 Å². The van der Waals surface area contributed by atoms with Gasteiger partial charge in [-0.2, -0.15) is 0 Å². The summed E-state index contributed by atoms with van der Waals surface area (Å²) in [6.07, 6.45) is 2.88. The van der Waals surface area contributed by atoms with Crippen LogP contribution >= 0.6 is 0 Å². The molecule has 1 N–H and O–H groups in total. The highest BCUT2D eigenvalue weighted by Gasteiger charge is 2.30. The summed E-state index contributed by atoms with van der Waals surface area (Å²) in [5.41, 5.74) is -0.111. The number of carbonyl (C=O) groups is 3. The fraction of sp³-hybridized carbons (Fsp3) is 0.786. The second kappa shape index (κ2) is 6.17. The van der Waals surface area contributed by atoms with Gasteiger partial charge in [0.25, 0.3) is 5.91 Å². The Kier molecular flexibility index (Phi) is 5.09. The van der Waals surface area contributed by atoms with Crippen molar-refractivity contribution in [3.05, 3.63) is 0 Å². The van der Waals surface area contributed by atoms with Gasteiger partial charge in [-0.1, -0.05) is 20.8 Å². The zero-order valence-corrected chi connectivity index (χ0v) is 12.2. The molecular formula is C14H24N2O3. The minimum Gasteiger partial charge on any atom is -0.349 e. The molecule has 1 aliphatic rings. The number of ketones is 1. The lowest BCUT2D eigenvalue weighted by Gasteiger charge is -2.30. The first-order chi connectivity index (χ1) is 8.74. The molecule has 1 rings (SSSR count). The van der Waals surface area contributed by atoms with E-state index in [4.69, 9.17) is 0 Å². The molecule has 1 fully saturated rings. The van der Waals surface area contributed by atoms with E-state index in [1.54, 1.807) is 6.92 Å². The molecule has 0 aromatic carbocycles. The summed E-state index contributed by atoms with van der Waals surface area (Å²) in [5.74, 6) is -0.596. The standard InChI is InChI=1S/C14H24N2O3/c1-10(16(9-17)8-14(2,3)4)12(18)13(19)15-7-11-5-6-11/h9-11H,5-8H2,1-4H3,(H,15,19). The first kappa shape index (κ1) is 15.7. The lowest BCUT2D eigenvalue weighted by molar-refractivity contribution is -0.142. The smallest absolute Gasteiger partial charge is 0.289 e. The Morgan fingerprint density at radius 1 is 1.37 bits per heavy atom. The van der Waals surface area contributed by atoms with Gasteiger partial charge in [-0.15, -0.1) is 0 Å². The van der Waals surface area contributed by atoms with E-state index in [1.165, 1.54) is 4.90 Å². The molecule has 108 valence electrons. The lowest BCUT2D eigenvalue weighted by atomic mass is 9.95. The minimum absolute atomic E-state index is 0.111. The van der Waals surface area contributed by atoms with E-state index in [1.807, 2.05) is 20.8 Å². The quantitative estimate of drug-likeness (QED) is 0.553. The number of rotatable bonds is 7. The molecule has 1 aliphatic carbocycles. The third-order valence-corrected chi connectivity index (χ3v) is 3.14. The maximum Gasteiger partial charge on any atom is 0.289 e. The summed E-state index contributed by atoms with van der Waals surface area (Å²) in [5, 5.41) is 2.64. The molecule has 1 atom stereocenters. The van der Waals surface area contributed by atoms with Crippen LogP contribution in [0.5, 0.6) is 0 Å². The first-order valence-electron chi connectivity index (χ1n) is 6.77. The normalized spacial score (nSPS) is 16.6. The van der Waals surface area contributed by atoms with Crippen LogP contribution in [0.2, 0.25) is 0 Å². The lowest BCUT2D eigenvalue weighted by Crippen LogP contribution is -2.48. The molecule has 0 spiro atoms. The Morgan fingerprint density at radius 3 is 2.37 bits per heavy atom. The van der Waals surface area contributed by atoms with Crippen LogP contribution in [-0.4, -0.2) is 42.1 Å². The van der Waals surface area contributed by atoms with Crippen molar-refractivity contribution in [2.75, 3.05) is 13.1 Å². The van der Waals surface area contributed by atoms with E-state index in [-0.39, 0.29) is 5.41 Å². The van der Waals surface area contributed by atoms with Crippen LogP contribution < -0.4 is 5.32 Å². The number of Topliss-reactive ketones (excluding diaryl/α,β-unsaturated/α-hetero) is 1. The molecule has 5 heteroatoms. The van der Waals surface area contributed by atoms with Gasteiger partial charge in [0.2, 0.25) is 12.2 Å². The van der Waals surface area contributed by atoms with Gasteiger partial charge in [0, 0.05) is 13.1 Å². The van der Waals surface area contributed by atoms with Crippen LogP contribution in [0.15, 0.2) is 0 Å².